The average Bonchev–Trinajstić information content (AvgIpc) is 2.73. The predicted octanol–water partition coefficient (Wildman–Crippen LogP) is 7.53. The third-order valence-electron chi connectivity index (χ3n) is 4.95. The molecule has 0 aliphatic carbocycles. The fourth-order valence-corrected chi connectivity index (χ4v) is 5.42. The highest BCUT2D eigenvalue weighted by atomic mass is 32.2. The van der Waals surface area contributed by atoms with E-state index < -0.39 is 9.84 Å². The van der Waals surface area contributed by atoms with Crippen LogP contribution in [0.2, 0.25) is 0 Å². The van der Waals surface area contributed by atoms with Gasteiger partial charge in [0.1, 0.15) is 0 Å². The molecule has 154 valence electrons. The molecule has 0 heterocycles. The Balaban J connectivity index is 1.63. The first-order valence-corrected chi connectivity index (χ1v) is 13.1. The van der Waals surface area contributed by atoms with Gasteiger partial charge in [-0.3, -0.25) is 0 Å². The van der Waals surface area contributed by atoms with Gasteiger partial charge in [-0.15, -0.1) is 11.8 Å². The van der Waals surface area contributed by atoms with Crippen LogP contribution >= 0.6 is 11.8 Å². The van der Waals surface area contributed by atoms with Crippen LogP contribution in [-0.2, 0) is 9.84 Å². The van der Waals surface area contributed by atoms with Gasteiger partial charge in [-0.1, -0.05) is 82.9 Å². The molecule has 0 N–H and O–H groups in total. The molecule has 0 fully saturated rings. The minimum absolute atomic E-state index is 0.348. The minimum Gasteiger partial charge on any atom is -0.219 e. The molecule has 0 bridgehead atoms. The van der Waals surface area contributed by atoms with Crippen LogP contribution < -0.4 is 0 Å². The summed E-state index contributed by atoms with van der Waals surface area (Å²) in [6.45, 7) is 2.26. The largest absolute Gasteiger partial charge is 0.219 e. The first-order chi connectivity index (χ1) is 13.6. The van der Waals surface area contributed by atoms with E-state index in [2.05, 4.69) is 6.92 Å². The lowest BCUT2D eigenvalue weighted by atomic mass is 10.1. The number of hydrogen-bond acceptors (Lipinski definition) is 3. The minimum atomic E-state index is -3.41. The molecule has 4 heteroatoms. The van der Waals surface area contributed by atoms with Crippen molar-refractivity contribution in [1.82, 2.24) is 0 Å². The molecule has 2 aromatic carbocycles. The van der Waals surface area contributed by atoms with Crippen molar-refractivity contribution in [1.29, 1.82) is 0 Å². The Morgan fingerprint density at radius 1 is 0.643 bits per heavy atom. The summed E-state index contributed by atoms with van der Waals surface area (Å²) in [5, 5.41) is 0. The summed E-state index contributed by atoms with van der Waals surface area (Å²) in [5.41, 5.74) is 0. The Labute approximate surface area is 176 Å². The Morgan fingerprint density at radius 2 is 1.14 bits per heavy atom. The highest BCUT2D eigenvalue weighted by Crippen LogP contribution is 2.25. The number of thioether (sulfide) groups is 1. The Morgan fingerprint density at radius 3 is 1.71 bits per heavy atom. The molecule has 0 aromatic heterocycles. The van der Waals surface area contributed by atoms with Crippen LogP contribution in [0.4, 0.5) is 0 Å². The zero-order chi connectivity index (χ0) is 20.1. The molecule has 0 spiro atoms. The predicted molar refractivity (Wildman–Crippen MR) is 121 cm³/mol. The van der Waals surface area contributed by atoms with Gasteiger partial charge in [0, 0.05) is 4.90 Å². The Kier molecular flexibility index (Phi) is 10.7. The highest BCUT2D eigenvalue weighted by molar-refractivity contribution is 7.99. The van der Waals surface area contributed by atoms with Crippen molar-refractivity contribution in [3.63, 3.8) is 0 Å². The molecule has 0 aliphatic heterocycles. The molecular formula is C24H34O2S2. The number of rotatable bonds is 14. The van der Waals surface area contributed by atoms with Crippen LogP contribution in [-0.4, -0.2) is 14.2 Å². The van der Waals surface area contributed by atoms with E-state index in [4.69, 9.17) is 0 Å². The smallest absolute Gasteiger partial charge is 0.206 e. The van der Waals surface area contributed by atoms with Crippen LogP contribution in [0.1, 0.15) is 71.1 Å². The van der Waals surface area contributed by atoms with Crippen molar-refractivity contribution in [3.8, 4) is 0 Å². The van der Waals surface area contributed by atoms with Gasteiger partial charge in [0.25, 0.3) is 0 Å². The maximum absolute atomic E-state index is 12.6. The molecule has 0 atom stereocenters. The number of sulfone groups is 1. The normalized spacial score (nSPS) is 11.6. The summed E-state index contributed by atoms with van der Waals surface area (Å²) >= 11 is 1.82. The van der Waals surface area contributed by atoms with Gasteiger partial charge in [-0.25, -0.2) is 8.42 Å². The van der Waals surface area contributed by atoms with E-state index in [1.54, 1.807) is 36.4 Å². The van der Waals surface area contributed by atoms with Gasteiger partial charge in [0.15, 0.2) is 0 Å². The van der Waals surface area contributed by atoms with Crippen molar-refractivity contribution in [2.24, 2.45) is 0 Å². The topological polar surface area (TPSA) is 34.1 Å². The molecule has 0 saturated heterocycles. The second-order valence-corrected chi connectivity index (χ2v) is 10.4. The molecule has 2 nitrogen and oxygen atoms in total. The number of hydrogen-bond donors (Lipinski definition) is 0. The maximum atomic E-state index is 12.6. The molecule has 28 heavy (non-hydrogen) atoms. The van der Waals surface area contributed by atoms with Crippen LogP contribution in [0, 0.1) is 0 Å². The first kappa shape index (κ1) is 23.0. The monoisotopic (exact) mass is 418 g/mol. The summed E-state index contributed by atoms with van der Waals surface area (Å²) in [4.78, 5) is 1.85. The SMILES string of the molecule is CCCCCCCCCCCCSc1ccc(S(=O)(=O)c2ccccc2)cc1. The van der Waals surface area contributed by atoms with E-state index in [1.165, 1.54) is 64.2 Å². The van der Waals surface area contributed by atoms with Crippen LogP contribution in [0.3, 0.4) is 0 Å². The molecule has 2 rings (SSSR count). The lowest BCUT2D eigenvalue weighted by Gasteiger charge is -2.06. The van der Waals surface area contributed by atoms with Gasteiger partial charge >= 0.3 is 0 Å². The number of benzene rings is 2. The van der Waals surface area contributed by atoms with Gasteiger partial charge in [0.05, 0.1) is 9.79 Å². The van der Waals surface area contributed by atoms with E-state index in [0.29, 0.717) is 9.79 Å². The molecular weight excluding hydrogens is 384 g/mol. The second kappa shape index (κ2) is 13.1. The third-order valence-corrected chi connectivity index (χ3v) is 7.84. The van der Waals surface area contributed by atoms with Gasteiger partial charge in [-0.05, 0) is 48.6 Å². The van der Waals surface area contributed by atoms with E-state index in [9.17, 15) is 8.42 Å². The van der Waals surface area contributed by atoms with Crippen LogP contribution in [0.15, 0.2) is 69.3 Å². The maximum Gasteiger partial charge on any atom is 0.206 e. The fourth-order valence-electron chi connectivity index (χ4n) is 3.23. The zero-order valence-electron chi connectivity index (χ0n) is 17.1. The van der Waals surface area contributed by atoms with Crippen LogP contribution in [0.25, 0.3) is 0 Å². The summed E-state index contributed by atoms with van der Waals surface area (Å²) < 4.78 is 25.2. The Hall–Kier alpha value is -1.26. The quantitative estimate of drug-likeness (QED) is 0.235. The van der Waals surface area contributed by atoms with E-state index in [0.717, 1.165) is 10.6 Å². The third kappa shape index (κ3) is 8.00. The van der Waals surface area contributed by atoms with Crippen LogP contribution in [0.5, 0.6) is 0 Å². The fraction of sp³-hybridized carbons (Fsp3) is 0.500. The van der Waals surface area contributed by atoms with Crippen molar-refractivity contribution >= 4 is 21.6 Å². The highest BCUT2D eigenvalue weighted by Gasteiger charge is 2.16. The van der Waals surface area contributed by atoms with E-state index >= 15 is 0 Å². The molecule has 2 aromatic rings. The molecule has 0 unspecified atom stereocenters. The first-order valence-electron chi connectivity index (χ1n) is 10.7. The summed E-state index contributed by atoms with van der Waals surface area (Å²) in [6, 6.07) is 15.9. The van der Waals surface area contributed by atoms with Gasteiger partial charge in [-0.2, -0.15) is 0 Å². The van der Waals surface area contributed by atoms with E-state index in [1.807, 2.05) is 30.0 Å². The Bertz CT molecular complexity index is 753. The average molecular weight is 419 g/mol. The summed E-state index contributed by atoms with van der Waals surface area (Å²) in [6.07, 6.45) is 13.5. The standard InChI is InChI=1S/C24H34O2S2/c1-2-3-4-5-6-7-8-9-10-14-21-27-22-17-19-24(20-18-22)28(25,26)23-15-12-11-13-16-23/h11-13,15-20H,2-10,14,21H2,1H3. The zero-order valence-corrected chi connectivity index (χ0v) is 18.7. The molecule has 0 amide bonds. The van der Waals surface area contributed by atoms with Crippen molar-refractivity contribution in [2.45, 2.75) is 85.8 Å². The number of unbranched alkanes of at least 4 members (excludes halogenated alkanes) is 9. The lowest BCUT2D eigenvalue weighted by molar-refractivity contribution is 0.563. The van der Waals surface area contributed by atoms with Gasteiger partial charge in [0.2, 0.25) is 9.84 Å². The molecule has 0 radical (unpaired) electrons. The van der Waals surface area contributed by atoms with Gasteiger partial charge < -0.3 is 0 Å². The molecule has 0 aliphatic rings. The molecule has 0 saturated carbocycles. The van der Waals surface area contributed by atoms with Crippen molar-refractivity contribution in [3.05, 3.63) is 54.6 Å². The summed E-state index contributed by atoms with van der Waals surface area (Å²) in [7, 11) is -3.41. The van der Waals surface area contributed by atoms with Crippen molar-refractivity contribution in [2.75, 3.05) is 5.75 Å². The summed E-state index contributed by atoms with van der Waals surface area (Å²) in [5.74, 6) is 1.10. The second-order valence-electron chi connectivity index (χ2n) is 7.32. The van der Waals surface area contributed by atoms with Crippen molar-refractivity contribution < 1.29 is 8.42 Å². The lowest BCUT2D eigenvalue weighted by Crippen LogP contribution is -2.01. The van der Waals surface area contributed by atoms with E-state index in [-0.39, 0.29) is 0 Å².